The highest BCUT2D eigenvalue weighted by Gasteiger charge is 2.18. The Morgan fingerprint density at radius 3 is 3.00 bits per heavy atom. The maximum absolute atomic E-state index is 4.69. The van der Waals surface area contributed by atoms with E-state index in [4.69, 9.17) is 0 Å². The number of thiazole rings is 1. The highest BCUT2D eigenvalue weighted by molar-refractivity contribution is 7.22. The Kier molecular flexibility index (Phi) is 3.86. The number of fused-ring (bicyclic) bond motifs is 1. The average Bonchev–Trinajstić information content (AvgIpc) is 2.72. The molecule has 3 nitrogen and oxygen atoms in total. The number of nitrogens with zero attached hydrogens (tertiary/aromatic N) is 2. The van der Waals surface area contributed by atoms with Crippen molar-refractivity contribution < 1.29 is 0 Å². The van der Waals surface area contributed by atoms with Crippen molar-refractivity contribution in [2.45, 2.75) is 13.0 Å². The van der Waals surface area contributed by atoms with Crippen LogP contribution in [0.2, 0.25) is 0 Å². The molecule has 3 rings (SSSR count). The van der Waals surface area contributed by atoms with Crippen LogP contribution in [0.25, 0.3) is 10.2 Å². The number of hydrogen-bond donors (Lipinski definition) is 1. The molecule has 5 heteroatoms. The Bertz CT molecular complexity index is 466. The molecule has 1 aromatic heterocycles. The Hall–Kier alpha value is -0.840. The maximum atomic E-state index is 4.69. The van der Waals surface area contributed by atoms with Crippen molar-refractivity contribution in [3.05, 3.63) is 24.3 Å². The normalized spacial score (nSPS) is 20.3. The molecule has 2 heterocycles. The minimum atomic E-state index is 0. The van der Waals surface area contributed by atoms with Crippen LogP contribution >= 0.6 is 23.7 Å². The van der Waals surface area contributed by atoms with Crippen LogP contribution in [0.4, 0.5) is 5.13 Å². The third kappa shape index (κ3) is 2.54. The van der Waals surface area contributed by atoms with Gasteiger partial charge in [-0.3, -0.25) is 0 Å². The monoisotopic (exact) mass is 269 g/mol. The summed E-state index contributed by atoms with van der Waals surface area (Å²) in [5, 5.41) is 4.61. The van der Waals surface area contributed by atoms with Crippen molar-refractivity contribution in [1.82, 2.24) is 10.3 Å². The van der Waals surface area contributed by atoms with E-state index in [9.17, 15) is 0 Å². The quantitative estimate of drug-likeness (QED) is 0.862. The number of benzene rings is 1. The lowest BCUT2D eigenvalue weighted by atomic mass is 10.2. The Morgan fingerprint density at radius 1 is 1.41 bits per heavy atom. The van der Waals surface area contributed by atoms with Crippen molar-refractivity contribution in [1.29, 1.82) is 0 Å². The summed E-state index contributed by atoms with van der Waals surface area (Å²) < 4.78 is 1.28. The van der Waals surface area contributed by atoms with Gasteiger partial charge in [-0.15, -0.1) is 12.4 Å². The van der Waals surface area contributed by atoms with Crippen molar-refractivity contribution in [3.8, 4) is 0 Å². The van der Waals surface area contributed by atoms with E-state index in [1.54, 1.807) is 11.3 Å². The summed E-state index contributed by atoms with van der Waals surface area (Å²) >= 11 is 1.79. The molecular weight excluding hydrogens is 254 g/mol. The predicted octanol–water partition coefficient (Wildman–Crippen LogP) is 2.52. The smallest absolute Gasteiger partial charge is 0.186 e. The van der Waals surface area contributed by atoms with Gasteiger partial charge in [0.25, 0.3) is 0 Å². The van der Waals surface area contributed by atoms with Gasteiger partial charge in [0.15, 0.2) is 5.13 Å². The number of aromatic nitrogens is 1. The van der Waals surface area contributed by atoms with Crippen molar-refractivity contribution in [2.24, 2.45) is 0 Å². The fourth-order valence-electron chi connectivity index (χ4n) is 2.10. The zero-order valence-corrected chi connectivity index (χ0v) is 11.4. The van der Waals surface area contributed by atoms with Gasteiger partial charge in [-0.1, -0.05) is 23.5 Å². The van der Waals surface area contributed by atoms with Gasteiger partial charge in [0.2, 0.25) is 0 Å². The highest BCUT2D eigenvalue weighted by Crippen LogP contribution is 2.28. The standard InChI is InChI=1S/C12H15N3S.ClH/c1-9-8-15(7-6-13-9)12-14-10-4-2-3-5-11(10)16-12;/h2-5,9,13H,6-8H2,1H3;1H. The van der Waals surface area contributed by atoms with Crippen LogP contribution in [0.15, 0.2) is 24.3 Å². The fraction of sp³-hybridized carbons (Fsp3) is 0.417. The second kappa shape index (κ2) is 5.21. The summed E-state index contributed by atoms with van der Waals surface area (Å²) in [6.45, 7) is 5.39. The van der Waals surface area contributed by atoms with E-state index in [2.05, 4.69) is 40.3 Å². The molecular formula is C12H16ClN3S. The summed E-state index contributed by atoms with van der Waals surface area (Å²) in [6.07, 6.45) is 0. The molecule has 1 atom stereocenters. The first-order valence-corrected chi connectivity index (χ1v) is 6.48. The zero-order chi connectivity index (χ0) is 11.0. The van der Waals surface area contributed by atoms with E-state index >= 15 is 0 Å². The Morgan fingerprint density at radius 2 is 2.24 bits per heavy atom. The third-order valence-electron chi connectivity index (χ3n) is 2.92. The van der Waals surface area contributed by atoms with Gasteiger partial charge in [-0.25, -0.2) is 4.98 Å². The lowest BCUT2D eigenvalue weighted by Gasteiger charge is -2.31. The molecule has 92 valence electrons. The zero-order valence-electron chi connectivity index (χ0n) is 9.72. The minimum absolute atomic E-state index is 0. The van der Waals surface area contributed by atoms with Gasteiger partial charge >= 0.3 is 0 Å². The molecule has 0 aliphatic carbocycles. The van der Waals surface area contributed by atoms with E-state index in [-0.39, 0.29) is 12.4 Å². The number of rotatable bonds is 1. The van der Waals surface area contributed by atoms with Crippen molar-refractivity contribution in [3.63, 3.8) is 0 Å². The molecule has 17 heavy (non-hydrogen) atoms. The highest BCUT2D eigenvalue weighted by atomic mass is 35.5. The molecule has 1 N–H and O–H groups in total. The van der Waals surface area contributed by atoms with Gasteiger partial charge < -0.3 is 10.2 Å². The van der Waals surface area contributed by atoms with E-state index in [1.165, 1.54) is 4.70 Å². The van der Waals surface area contributed by atoms with Gasteiger partial charge in [0.1, 0.15) is 0 Å². The summed E-state index contributed by atoms with van der Waals surface area (Å²) in [5.41, 5.74) is 1.12. The topological polar surface area (TPSA) is 28.2 Å². The van der Waals surface area contributed by atoms with Crippen LogP contribution in [-0.2, 0) is 0 Å². The van der Waals surface area contributed by atoms with E-state index < -0.39 is 0 Å². The van der Waals surface area contributed by atoms with E-state index in [1.807, 2.05) is 6.07 Å². The fourth-order valence-corrected chi connectivity index (χ4v) is 3.10. The lowest BCUT2D eigenvalue weighted by molar-refractivity contribution is 0.484. The van der Waals surface area contributed by atoms with Gasteiger partial charge in [-0.2, -0.15) is 0 Å². The molecule has 2 aromatic rings. The second-order valence-corrected chi connectivity index (χ2v) is 5.27. The molecule has 1 aromatic carbocycles. The number of piperazine rings is 1. The number of anilines is 1. The second-order valence-electron chi connectivity index (χ2n) is 4.27. The SMILES string of the molecule is CC1CN(c2nc3ccccc3s2)CCN1.Cl. The summed E-state index contributed by atoms with van der Waals surface area (Å²) in [5.74, 6) is 0. The first-order chi connectivity index (χ1) is 7.83. The van der Waals surface area contributed by atoms with E-state index in [0.29, 0.717) is 6.04 Å². The van der Waals surface area contributed by atoms with Crippen LogP contribution in [-0.4, -0.2) is 30.7 Å². The molecule has 0 radical (unpaired) electrons. The largest absolute Gasteiger partial charge is 0.345 e. The molecule has 1 aliphatic heterocycles. The van der Waals surface area contributed by atoms with Crippen LogP contribution in [0.5, 0.6) is 0 Å². The molecule has 1 aliphatic rings. The summed E-state index contributed by atoms with van der Waals surface area (Å²) in [6, 6.07) is 8.90. The first kappa shape index (κ1) is 12.6. The third-order valence-corrected chi connectivity index (χ3v) is 4.02. The molecule has 0 bridgehead atoms. The van der Waals surface area contributed by atoms with Gasteiger partial charge in [0.05, 0.1) is 10.2 Å². The van der Waals surface area contributed by atoms with Gasteiger partial charge in [-0.05, 0) is 19.1 Å². The summed E-state index contributed by atoms with van der Waals surface area (Å²) in [4.78, 5) is 7.07. The molecule has 0 spiro atoms. The first-order valence-electron chi connectivity index (χ1n) is 5.67. The number of para-hydroxylation sites is 1. The molecule has 0 amide bonds. The number of nitrogens with one attached hydrogen (secondary N) is 1. The van der Waals surface area contributed by atoms with Gasteiger partial charge in [0, 0.05) is 25.7 Å². The molecule has 1 unspecified atom stereocenters. The average molecular weight is 270 g/mol. The van der Waals surface area contributed by atoms with Crippen LogP contribution < -0.4 is 10.2 Å². The van der Waals surface area contributed by atoms with Crippen LogP contribution in [0.1, 0.15) is 6.92 Å². The summed E-state index contributed by atoms with van der Waals surface area (Å²) in [7, 11) is 0. The Labute approximate surface area is 111 Å². The Balaban J connectivity index is 0.00000108. The number of hydrogen-bond acceptors (Lipinski definition) is 4. The molecule has 0 saturated carbocycles. The van der Waals surface area contributed by atoms with Crippen LogP contribution in [0, 0.1) is 0 Å². The maximum Gasteiger partial charge on any atom is 0.186 e. The molecule has 1 saturated heterocycles. The number of halogens is 1. The van der Waals surface area contributed by atoms with E-state index in [0.717, 1.165) is 30.3 Å². The predicted molar refractivity (Wildman–Crippen MR) is 76.5 cm³/mol. The van der Waals surface area contributed by atoms with Crippen LogP contribution in [0.3, 0.4) is 0 Å². The minimum Gasteiger partial charge on any atom is -0.345 e. The van der Waals surface area contributed by atoms with Crippen molar-refractivity contribution in [2.75, 3.05) is 24.5 Å². The van der Waals surface area contributed by atoms with Crippen molar-refractivity contribution >= 4 is 39.1 Å². The lowest BCUT2D eigenvalue weighted by Crippen LogP contribution is -2.49. The molecule has 1 fully saturated rings.